The lowest BCUT2D eigenvalue weighted by Crippen LogP contribution is -2.15. The zero-order valence-corrected chi connectivity index (χ0v) is 12.3. The Bertz CT molecular complexity index is 619. The molecule has 0 aliphatic heterocycles. The number of hydrogen-bond acceptors (Lipinski definition) is 3. The van der Waals surface area contributed by atoms with Crippen LogP contribution in [0.25, 0.3) is 11.3 Å². The molecule has 0 radical (unpaired) electrons. The van der Waals surface area contributed by atoms with E-state index in [1.165, 1.54) is 6.07 Å². The van der Waals surface area contributed by atoms with E-state index in [2.05, 4.69) is 44.8 Å². The summed E-state index contributed by atoms with van der Waals surface area (Å²) in [6.07, 6.45) is 2.26. The zero-order chi connectivity index (χ0) is 12.9. The third kappa shape index (κ3) is 1.82. The molecular formula is C12H12FIN4. The molecule has 94 valence electrons. The van der Waals surface area contributed by atoms with Crippen molar-refractivity contribution in [2.24, 2.45) is 0 Å². The van der Waals surface area contributed by atoms with Crippen LogP contribution in [0, 0.1) is 16.6 Å². The lowest BCUT2D eigenvalue weighted by Gasteiger charge is -2.09. The highest BCUT2D eigenvalue weighted by Crippen LogP contribution is 2.44. The van der Waals surface area contributed by atoms with Gasteiger partial charge in [-0.15, -0.1) is 5.10 Å². The topological polar surface area (TPSA) is 43.6 Å². The summed E-state index contributed by atoms with van der Waals surface area (Å²) in [5.41, 5.74) is 2.38. The molecule has 0 aromatic carbocycles. The minimum absolute atomic E-state index is 0.114. The van der Waals surface area contributed by atoms with Gasteiger partial charge in [-0.05, 0) is 61.4 Å². The fraction of sp³-hybridized carbons (Fsp3) is 0.417. The van der Waals surface area contributed by atoms with Gasteiger partial charge in [0.15, 0.2) is 0 Å². The van der Waals surface area contributed by atoms with Crippen molar-refractivity contribution in [2.75, 3.05) is 0 Å². The number of rotatable bonds is 2. The SMILES string of the molecule is Cc1nc(F)ccc1-c1nnn(C2(C)CC2)c1I. The Morgan fingerprint density at radius 1 is 1.39 bits per heavy atom. The van der Waals surface area contributed by atoms with E-state index >= 15 is 0 Å². The molecule has 0 amide bonds. The Labute approximate surface area is 118 Å². The molecule has 0 bridgehead atoms. The molecule has 0 N–H and O–H groups in total. The maximum atomic E-state index is 13.0. The van der Waals surface area contributed by atoms with Crippen LogP contribution in [0.2, 0.25) is 0 Å². The third-order valence-electron chi connectivity index (χ3n) is 3.41. The predicted octanol–water partition coefficient (Wildman–Crippen LogP) is 2.90. The Morgan fingerprint density at radius 2 is 2.11 bits per heavy atom. The minimum Gasteiger partial charge on any atom is -0.233 e. The van der Waals surface area contributed by atoms with Crippen LogP contribution in [0.4, 0.5) is 4.39 Å². The number of pyridine rings is 1. The molecule has 18 heavy (non-hydrogen) atoms. The van der Waals surface area contributed by atoms with Crippen LogP contribution < -0.4 is 0 Å². The summed E-state index contributed by atoms with van der Waals surface area (Å²) in [6, 6.07) is 3.07. The number of aromatic nitrogens is 4. The van der Waals surface area contributed by atoms with Gasteiger partial charge in [0, 0.05) is 5.56 Å². The average molecular weight is 358 g/mol. The van der Waals surface area contributed by atoms with Crippen molar-refractivity contribution in [3.8, 4) is 11.3 Å². The van der Waals surface area contributed by atoms with Gasteiger partial charge in [-0.3, -0.25) is 0 Å². The first kappa shape index (κ1) is 12.0. The summed E-state index contributed by atoms with van der Waals surface area (Å²) in [7, 11) is 0. The molecule has 1 fully saturated rings. The van der Waals surface area contributed by atoms with Crippen molar-refractivity contribution in [3.63, 3.8) is 0 Å². The molecule has 6 heteroatoms. The highest BCUT2D eigenvalue weighted by atomic mass is 127. The van der Waals surface area contributed by atoms with E-state index in [4.69, 9.17) is 0 Å². The molecule has 0 spiro atoms. The molecule has 0 atom stereocenters. The first-order valence-corrected chi connectivity index (χ1v) is 6.84. The van der Waals surface area contributed by atoms with Gasteiger partial charge in [0.25, 0.3) is 0 Å². The van der Waals surface area contributed by atoms with Crippen molar-refractivity contribution < 1.29 is 4.39 Å². The van der Waals surface area contributed by atoms with Gasteiger partial charge in [-0.25, -0.2) is 9.67 Å². The van der Waals surface area contributed by atoms with E-state index in [0.717, 1.165) is 27.8 Å². The monoisotopic (exact) mass is 358 g/mol. The third-order valence-corrected chi connectivity index (χ3v) is 4.38. The van der Waals surface area contributed by atoms with Gasteiger partial charge in [0.05, 0.1) is 11.2 Å². The second kappa shape index (κ2) is 3.97. The maximum absolute atomic E-state index is 13.0. The molecule has 2 heterocycles. The van der Waals surface area contributed by atoms with Crippen LogP contribution in [-0.4, -0.2) is 20.0 Å². The summed E-state index contributed by atoms with van der Waals surface area (Å²) in [5.74, 6) is -0.465. The van der Waals surface area contributed by atoms with E-state index in [9.17, 15) is 4.39 Å². The summed E-state index contributed by atoms with van der Waals surface area (Å²) < 4.78 is 16.0. The summed E-state index contributed by atoms with van der Waals surface area (Å²) >= 11 is 2.25. The van der Waals surface area contributed by atoms with Gasteiger partial charge >= 0.3 is 0 Å². The fourth-order valence-electron chi connectivity index (χ4n) is 1.95. The molecule has 1 aliphatic rings. The first-order chi connectivity index (χ1) is 8.51. The Hall–Kier alpha value is -1.05. The van der Waals surface area contributed by atoms with Crippen LogP contribution in [0.5, 0.6) is 0 Å². The van der Waals surface area contributed by atoms with Gasteiger partial charge < -0.3 is 0 Å². The normalized spacial score (nSPS) is 16.9. The largest absolute Gasteiger partial charge is 0.233 e. The number of aryl methyl sites for hydroxylation is 1. The van der Waals surface area contributed by atoms with Crippen LogP contribution in [0.15, 0.2) is 12.1 Å². The predicted molar refractivity (Wildman–Crippen MR) is 73.5 cm³/mol. The first-order valence-electron chi connectivity index (χ1n) is 5.76. The van der Waals surface area contributed by atoms with Crippen molar-refractivity contribution in [3.05, 3.63) is 27.5 Å². The second-order valence-electron chi connectivity index (χ2n) is 4.90. The average Bonchev–Trinajstić information content (AvgIpc) is 2.93. The molecule has 0 unspecified atom stereocenters. The van der Waals surface area contributed by atoms with Gasteiger partial charge in [-0.2, -0.15) is 4.39 Å². The lowest BCUT2D eigenvalue weighted by atomic mass is 10.1. The van der Waals surface area contributed by atoms with Crippen molar-refractivity contribution in [1.82, 2.24) is 20.0 Å². The molecule has 0 saturated heterocycles. The highest BCUT2D eigenvalue weighted by Gasteiger charge is 2.42. The quantitative estimate of drug-likeness (QED) is 0.613. The van der Waals surface area contributed by atoms with Crippen LogP contribution in [-0.2, 0) is 5.54 Å². The number of nitrogens with zero attached hydrogens (tertiary/aromatic N) is 4. The molecule has 2 aromatic heterocycles. The van der Waals surface area contributed by atoms with Crippen LogP contribution in [0.3, 0.4) is 0 Å². The van der Waals surface area contributed by atoms with Gasteiger partial charge in [0.1, 0.15) is 9.39 Å². The molecule has 1 saturated carbocycles. The molecule has 4 nitrogen and oxygen atoms in total. The second-order valence-corrected chi connectivity index (χ2v) is 5.93. The molecular weight excluding hydrogens is 346 g/mol. The zero-order valence-electron chi connectivity index (χ0n) is 10.1. The van der Waals surface area contributed by atoms with Crippen molar-refractivity contribution in [1.29, 1.82) is 0 Å². The Morgan fingerprint density at radius 3 is 2.72 bits per heavy atom. The van der Waals surface area contributed by atoms with E-state index in [-0.39, 0.29) is 5.54 Å². The summed E-state index contributed by atoms with van der Waals surface area (Å²) in [4.78, 5) is 3.83. The van der Waals surface area contributed by atoms with Crippen LogP contribution >= 0.6 is 22.6 Å². The summed E-state index contributed by atoms with van der Waals surface area (Å²) in [6.45, 7) is 3.95. The van der Waals surface area contributed by atoms with Crippen molar-refractivity contribution in [2.45, 2.75) is 32.2 Å². The van der Waals surface area contributed by atoms with Crippen molar-refractivity contribution >= 4 is 22.6 Å². The van der Waals surface area contributed by atoms with Crippen LogP contribution in [0.1, 0.15) is 25.5 Å². The minimum atomic E-state index is -0.465. The lowest BCUT2D eigenvalue weighted by molar-refractivity contribution is 0.448. The Balaban J connectivity index is 2.10. The molecule has 1 aliphatic carbocycles. The van der Waals surface area contributed by atoms with E-state index < -0.39 is 5.95 Å². The fourth-order valence-corrected chi connectivity index (χ4v) is 3.03. The maximum Gasteiger partial charge on any atom is 0.213 e. The van der Waals surface area contributed by atoms with E-state index in [1.807, 2.05) is 4.68 Å². The van der Waals surface area contributed by atoms with E-state index in [1.54, 1.807) is 13.0 Å². The summed E-state index contributed by atoms with van der Waals surface area (Å²) in [5, 5.41) is 8.45. The smallest absolute Gasteiger partial charge is 0.213 e. The number of halogens is 2. The van der Waals surface area contributed by atoms with E-state index in [0.29, 0.717) is 5.69 Å². The van der Waals surface area contributed by atoms with Gasteiger partial charge in [-0.1, -0.05) is 5.21 Å². The Kier molecular flexibility index (Phi) is 2.65. The standard InChI is InChI=1S/C12H12FIN4/c1-7-8(3-4-9(13)15-7)10-11(14)18(17-16-10)12(2)5-6-12/h3-4H,5-6H2,1-2H3. The molecule has 3 rings (SSSR count). The van der Waals surface area contributed by atoms with Gasteiger partial charge in [0.2, 0.25) is 5.95 Å². The molecule has 2 aromatic rings. The number of hydrogen-bond donors (Lipinski definition) is 0. The highest BCUT2D eigenvalue weighted by molar-refractivity contribution is 14.1.